The van der Waals surface area contributed by atoms with Gasteiger partial charge in [0.15, 0.2) is 0 Å². The molecule has 2 aromatic rings. The Hall–Kier alpha value is -3.16. The fourth-order valence-electron chi connectivity index (χ4n) is 2.22. The summed E-state index contributed by atoms with van der Waals surface area (Å²) in [6.07, 6.45) is 0.193. The van der Waals surface area contributed by atoms with Gasteiger partial charge in [-0.1, -0.05) is 30.3 Å². The highest BCUT2D eigenvalue weighted by molar-refractivity contribution is 5.87. The van der Waals surface area contributed by atoms with E-state index >= 15 is 0 Å². The third-order valence-corrected chi connectivity index (χ3v) is 3.39. The molecule has 1 heterocycles. The maximum absolute atomic E-state index is 11.8. The summed E-state index contributed by atoms with van der Waals surface area (Å²) >= 11 is 0. The molecule has 0 unspecified atom stereocenters. The van der Waals surface area contributed by atoms with Crippen LogP contribution < -0.4 is 16.2 Å². The Bertz CT molecular complexity index is 755. The molecule has 0 spiro atoms. The first kappa shape index (κ1) is 18.2. The van der Waals surface area contributed by atoms with Crippen LogP contribution in [0.5, 0.6) is 0 Å². The highest BCUT2D eigenvalue weighted by Gasteiger charge is 2.09. The van der Waals surface area contributed by atoms with Crippen LogP contribution in [0.2, 0.25) is 0 Å². The van der Waals surface area contributed by atoms with Crippen LogP contribution in [0.15, 0.2) is 36.4 Å². The zero-order valence-electron chi connectivity index (χ0n) is 14.2. The standard InChI is InChI=1S/C17H21N5O3/c1-12-8-13(2)22(21-12)11-17(25)20-19-16(24)10-18-15(23)9-14-6-4-3-5-7-14/h3-8H,9-11H2,1-2H3,(H,18,23)(H,19,24)(H,20,25). The van der Waals surface area contributed by atoms with E-state index in [9.17, 15) is 14.4 Å². The van der Waals surface area contributed by atoms with Crippen molar-refractivity contribution in [1.82, 2.24) is 25.9 Å². The van der Waals surface area contributed by atoms with Gasteiger partial charge in [0.25, 0.3) is 11.8 Å². The molecule has 0 bridgehead atoms. The van der Waals surface area contributed by atoms with Crippen LogP contribution in [0, 0.1) is 13.8 Å². The molecule has 0 saturated carbocycles. The fraction of sp³-hybridized carbons (Fsp3) is 0.294. The van der Waals surface area contributed by atoms with Crippen LogP contribution >= 0.6 is 0 Å². The summed E-state index contributed by atoms with van der Waals surface area (Å²) in [6.45, 7) is 3.46. The molecule has 0 fully saturated rings. The van der Waals surface area contributed by atoms with Crippen molar-refractivity contribution >= 4 is 17.7 Å². The van der Waals surface area contributed by atoms with E-state index in [1.54, 1.807) is 4.68 Å². The van der Waals surface area contributed by atoms with Gasteiger partial charge in [0.05, 0.1) is 18.7 Å². The minimum Gasteiger partial charge on any atom is -0.347 e. The number of rotatable bonds is 6. The number of hydrogen-bond acceptors (Lipinski definition) is 4. The summed E-state index contributed by atoms with van der Waals surface area (Å²) in [5, 5.41) is 6.66. The van der Waals surface area contributed by atoms with Gasteiger partial charge in [0.2, 0.25) is 5.91 Å². The lowest BCUT2D eigenvalue weighted by molar-refractivity contribution is -0.130. The molecule has 0 aliphatic rings. The van der Waals surface area contributed by atoms with Crippen LogP contribution in [0.3, 0.4) is 0 Å². The molecule has 0 aliphatic heterocycles. The number of hydrogen-bond donors (Lipinski definition) is 3. The van der Waals surface area contributed by atoms with Gasteiger partial charge in [-0.25, -0.2) is 0 Å². The van der Waals surface area contributed by atoms with Crippen molar-refractivity contribution in [2.75, 3.05) is 6.54 Å². The minimum absolute atomic E-state index is 0.000317. The number of carbonyl (C=O) groups is 3. The van der Waals surface area contributed by atoms with Crippen LogP contribution in [0.25, 0.3) is 0 Å². The summed E-state index contributed by atoms with van der Waals surface area (Å²) < 4.78 is 1.54. The van der Waals surface area contributed by atoms with Gasteiger partial charge in [-0.3, -0.25) is 29.9 Å². The Kier molecular flexibility index (Phi) is 6.27. The van der Waals surface area contributed by atoms with Crippen LogP contribution in [0.4, 0.5) is 0 Å². The number of carbonyl (C=O) groups excluding carboxylic acids is 3. The summed E-state index contributed by atoms with van der Waals surface area (Å²) in [7, 11) is 0. The van der Waals surface area contributed by atoms with Crippen molar-refractivity contribution in [1.29, 1.82) is 0 Å². The highest BCUT2D eigenvalue weighted by atomic mass is 16.2. The molecule has 25 heavy (non-hydrogen) atoms. The predicted octanol–water partition coefficient (Wildman–Crippen LogP) is 0.00624. The van der Waals surface area contributed by atoms with E-state index in [-0.39, 0.29) is 25.4 Å². The van der Waals surface area contributed by atoms with E-state index in [0.717, 1.165) is 17.0 Å². The van der Waals surface area contributed by atoms with E-state index in [1.807, 2.05) is 50.2 Å². The molecule has 0 radical (unpaired) electrons. The Balaban J connectivity index is 1.67. The number of nitrogens with one attached hydrogen (secondary N) is 3. The van der Waals surface area contributed by atoms with E-state index in [4.69, 9.17) is 0 Å². The van der Waals surface area contributed by atoms with Crippen LogP contribution in [-0.2, 0) is 27.3 Å². The fourth-order valence-corrected chi connectivity index (χ4v) is 2.22. The predicted molar refractivity (Wildman–Crippen MR) is 91.1 cm³/mol. The van der Waals surface area contributed by atoms with Gasteiger partial charge in [0, 0.05) is 5.69 Å². The number of aryl methyl sites for hydroxylation is 2. The molecule has 3 N–H and O–H groups in total. The molecule has 132 valence electrons. The monoisotopic (exact) mass is 343 g/mol. The normalized spacial score (nSPS) is 10.2. The summed E-state index contributed by atoms with van der Waals surface area (Å²) in [4.78, 5) is 35.2. The van der Waals surface area contributed by atoms with Gasteiger partial charge in [-0.15, -0.1) is 0 Å². The molecule has 1 aromatic heterocycles. The Morgan fingerprint density at radius 2 is 1.68 bits per heavy atom. The average molecular weight is 343 g/mol. The van der Waals surface area contributed by atoms with Gasteiger partial charge in [-0.2, -0.15) is 5.10 Å². The second kappa shape index (κ2) is 8.62. The topological polar surface area (TPSA) is 105 Å². The first-order chi connectivity index (χ1) is 11.9. The summed E-state index contributed by atoms with van der Waals surface area (Å²) in [6, 6.07) is 11.1. The molecular formula is C17H21N5O3. The van der Waals surface area contributed by atoms with E-state index in [1.165, 1.54) is 0 Å². The lowest BCUT2D eigenvalue weighted by Gasteiger charge is -2.09. The zero-order chi connectivity index (χ0) is 18.2. The molecule has 0 aliphatic carbocycles. The molecule has 2 rings (SSSR count). The molecule has 0 saturated heterocycles. The number of amides is 3. The molecule has 8 nitrogen and oxygen atoms in total. The quantitative estimate of drug-likeness (QED) is 0.642. The summed E-state index contributed by atoms with van der Waals surface area (Å²) in [5.41, 5.74) is 7.07. The first-order valence-corrected chi connectivity index (χ1v) is 7.83. The first-order valence-electron chi connectivity index (χ1n) is 7.83. The second-order valence-electron chi connectivity index (χ2n) is 5.62. The zero-order valence-corrected chi connectivity index (χ0v) is 14.2. The van der Waals surface area contributed by atoms with Gasteiger partial charge >= 0.3 is 0 Å². The van der Waals surface area contributed by atoms with Gasteiger partial charge in [-0.05, 0) is 25.5 Å². The van der Waals surface area contributed by atoms with Crippen molar-refractivity contribution in [2.24, 2.45) is 0 Å². The average Bonchev–Trinajstić information content (AvgIpc) is 2.89. The van der Waals surface area contributed by atoms with Gasteiger partial charge in [0.1, 0.15) is 6.54 Å². The van der Waals surface area contributed by atoms with E-state index in [2.05, 4.69) is 21.3 Å². The summed E-state index contributed by atoms with van der Waals surface area (Å²) in [5.74, 6) is -1.19. The number of nitrogens with zero attached hydrogens (tertiary/aromatic N) is 2. The Morgan fingerprint density at radius 1 is 1.00 bits per heavy atom. The van der Waals surface area contributed by atoms with Crippen molar-refractivity contribution in [3.05, 3.63) is 53.3 Å². The van der Waals surface area contributed by atoms with Crippen molar-refractivity contribution in [2.45, 2.75) is 26.8 Å². The highest BCUT2D eigenvalue weighted by Crippen LogP contribution is 2.01. The number of hydrazine groups is 1. The third-order valence-electron chi connectivity index (χ3n) is 3.39. The molecular weight excluding hydrogens is 322 g/mol. The molecule has 3 amide bonds. The van der Waals surface area contributed by atoms with Crippen LogP contribution in [0.1, 0.15) is 17.0 Å². The maximum atomic E-state index is 11.8. The number of aromatic nitrogens is 2. The van der Waals surface area contributed by atoms with Crippen molar-refractivity contribution < 1.29 is 14.4 Å². The van der Waals surface area contributed by atoms with E-state index < -0.39 is 11.8 Å². The second-order valence-corrected chi connectivity index (χ2v) is 5.62. The van der Waals surface area contributed by atoms with Gasteiger partial charge < -0.3 is 5.32 Å². The van der Waals surface area contributed by atoms with Crippen molar-refractivity contribution in [3.8, 4) is 0 Å². The third kappa shape index (κ3) is 6.09. The lowest BCUT2D eigenvalue weighted by atomic mass is 10.1. The maximum Gasteiger partial charge on any atom is 0.260 e. The van der Waals surface area contributed by atoms with Crippen molar-refractivity contribution in [3.63, 3.8) is 0 Å². The van der Waals surface area contributed by atoms with E-state index in [0.29, 0.717) is 0 Å². The number of benzene rings is 1. The minimum atomic E-state index is -0.511. The lowest BCUT2D eigenvalue weighted by Crippen LogP contribution is -2.47. The Labute approximate surface area is 145 Å². The molecule has 8 heteroatoms. The molecule has 1 aromatic carbocycles. The van der Waals surface area contributed by atoms with Crippen LogP contribution in [-0.4, -0.2) is 34.0 Å². The Morgan fingerprint density at radius 3 is 2.32 bits per heavy atom. The smallest absolute Gasteiger partial charge is 0.260 e. The molecule has 0 atom stereocenters. The largest absolute Gasteiger partial charge is 0.347 e. The SMILES string of the molecule is Cc1cc(C)n(CC(=O)NNC(=O)CNC(=O)Cc2ccccc2)n1.